The summed E-state index contributed by atoms with van der Waals surface area (Å²) >= 11 is 0. The largest absolute Gasteiger partial charge is 0.310 e. The molecule has 0 bridgehead atoms. The maximum Gasteiger partial charge on any atom is 0.121 e. The van der Waals surface area contributed by atoms with Gasteiger partial charge in [0.25, 0.3) is 0 Å². The molecule has 58 heavy (non-hydrogen) atoms. The van der Waals surface area contributed by atoms with Crippen molar-refractivity contribution in [3.8, 4) is 33.4 Å². The van der Waals surface area contributed by atoms with E-state index in [4.69, 9.17) is 10.2 Å². The number of benzene rings is 8. The van der Waals surface area contributed by atoms with Crippen LogP contribution < -0.4 is 4.90 Å². The molecule has 0 fully saturated rings. The van der Waals surface area contributed by atoms with Gasteiger partial charge in [-0.3, -0.25) is 0 Å². The lowest BCUT2D eigenvalue weighted by atomic mass is 9.82. The summed E-state index contributed by atoms with van der Waals surface area (Å²) in [6.07, 6.45) is 0. The number of nitrogens with zero attached hydrogens (tertiary/aromatic N) is 3. The number of anilines is 3. The minimum atomic E-state index is -0.170. The highest BCUT2D eigenvalue weighted by Gasteiger charge is 2.37. The third-order valence-electron chi connectivity index (χ3n) is 12.5. The van der Waals surface area contributed by atoms with Crippen molar-refractivity contribution >= 4 is 22.7 Å². The van der Waals surface area contributed by atoms with Gasteiger partial charge in [0.2, 0.25) is 0 Å². The highest BCUT2D eigenvalue weighted by molar-refractivity contribution is 5.88. The molecular weight excluding hydrogens is 703 g/mol. The first-order valence-electron chi connectivity index (χ1n) is 20.3. The molecular formula is C55H45N3. The molecule has 0 heterocycles. The Labute approximate surface area is 342 Å². The van der Waals surface area contributed by atoms with Crippen molar-refractivity contribution in [2.75, 3.05) is 4.90 Å². The zero-order chi connectivity index (χ0) is 39.4. The average Bonchev–Trinajstić information content (AvgIpc) is 3.64. The summed E-state index contributed by atoms with van der Waals surface area (Å²) in [4.78, 5) is 2.43. The minimum Gasteiger partial charge on any atom is -0.310 e. The molecule has 3 nitrogen and oxygen atoms in total. The van der Waals surface area contributed by atoms with Crippen LogP contribution in [0.2, 0.25) is 0 Å². The molecule has 0 aromatic heterocycles. The molecule has 10 rings (SSSR count). The van der Waals surface area contributed by atoms with Gasteiger partial charge in [0.15, 0.2) is 0 Å². The van der Waals surface area contributed by atoms with E-state index in [2.05, 4.69) is 215 Å². The molecule has 0 aliphatic heterocycles. The van der Waals surface area contributed by atoms with Crippen LogP contribution in [0.3, 0.4) is 0 Å². The number of rotatable bonds is 8. The van der Waals surface area contributed by atoms with Crippen LogP contribution in [-0.4, -0.2) is 0 Å². The van der Waals surface area contributed by atoms with E-state index in [9.17, 15) is 0 Å². The summed E-state index contributed by atoms with van der Waals surface area (Å²) in [5, 5.41) is 9.54. The number of azo groups is 1. The summed E-state index contributed by atoms with van der Waals surface area (Å²) in [5.74, 6) is 0. The van der Waals surface area contributed by atoms with E-state index in [1.54, 1.807) is 0 Å². The number of hydrogen-bond donors (Lipinski definition) is 0. The summed E-state index contributed by atoms with van der Waals surface area (Å²) in [5.41, 5.74) is 19.4. The van der Waals surface area contributed by atoms with Gasteiger partial charge in [0, 0.05) is 27.9 Å². The van der Waals surface area contributed by atoms with E-state index in [0.29, 0.717) is 0 Å². The van der Waals surface area contributed by atoms with Crippen LogP contribution in [0.15, 0.2) is 204 Å². The molecule has 3 heteroatoms. The van der Waals surface area contributed by atoms with Crippen molar-refractivity contribution < 1.29 is 0 Å². The molecule has 0 atom stereocenters. The first kappa shape index (κ1) is 35.6. The van der Waals surface area contributed by atoms with Crippen molar-refractivity contribution in [1.82, 2.24) is 0 Å². The average molecular weight is 748 g/mol. The fraction of sp³-hybridized carbons (Fsp3) is 0.127. The Balaban J connectivity index is 0.997. The van der Waals surface area contributed by atoms with E-state index >= 15 is 0 Å². The summed E-state index contributed by atoms with van der Waals surface area (Å²) < 4.78 is 0. The third-order valence-corrected chi connectivity index (χ3v) is 12.5. The molecule has 0 radical (unpaired) electrons. The van der Waals surface area contributed by atoms with Gasteiger partial charge < -0.3 is 4.90 Å². The van der Waals surface area contributed by atoms with E-state index in [1.807, 2.05) is 12.1 Å². The van der Waals surface area contributed by atoms with Gasteiger partial charge in [-0.25, -0.2) is 0 Å². The predicted octanol–water partition coefficient (Wildman–Crippen LogP) is 15.3. The van der Waals surface area contributed by atoms with Gasteiger partial charge >= 0.3 is 0 Å². The van der Waals surface area contributed by atoms with Crippen molar-refractivity contribution in [1.29, 1.82) is 0 Å². The minimum absolute atomic E-state index is 0.102. The van der Waals surface area contributed by atoms with Gasteiger partial charge in [-0.2, -0.15) is 10.2 Å². The highest BCUT2D eigenvalue weighted by atomic mass is 15.1. The lowest BCUT2D eigenvalue weighted by molar-refractivity contribution is 0.660. The van der Waals surface area contributed by atoms with Crippen LogP contribution in [0.5, 0.6) is 0 Å². The Morgan fingerprint density at radius 2 is 0.776 bits per heavy atom. The van der Waals surface area contributed by atoms with E-state index in [1.165, 1.54) is 44.5 Å². The predicted molar refractivity (Wildman–Crippen MR) is 241 cm³/mol. The van der Waals surface area contributed by atoms with Gasteiger partial charge in [0.1, 0.15) is 6.04 Å². The molecule has 2 aliphatic rings. The second-order valence-electron chi connectivity index (χ2n) is 16.7. The van der Waals surface area contributed by atoms with Crippen LogP contribution in [0.25, 0.3) is 33.4 Å². The SMILES string of the molecule is CC1(C)c2ccccc2-c2ccc(N(c3ccc(-c4ccc(N=NC(c5ccccc5)c5ccccc5)cc4)cc3)c3ccc4c(c3)C(C)(C)c3ccccc3-4)cc21. The molecule has 0 saturated carbocycles. The van der Waals surface area contributed by atoms with Gasteiger partial charge in [-0.05, 0) is 115 Å². The zero-order valence-electron chi connectivity index (χ0n) is 33.4. The molecule has 0 amide bonds. The Morgan fingerprint density at radius 1 is 0.379 bits per heavy atom. The second kappa shape index (κ2) is 14.0. The van der Waals surface area contributed by atoms with E-state index in [0.717, 1.165) is 45.0 Å². The Morgan fingerprint density at radius 3 is 1.26 bits per heavy atom. The Bertz CT molecular complexity index is 2670. The van der Waals surface area contributed by atoms with Gasteiger partial charge in [-0.15, -0.1) is 0 Å². The van der Waals surface area contributed by atoms with Crippen molar-refractivity contribution in [2.45, 2.75) is 44.6 Å². The molecule has 280 valence electrons. The molecule has 8 aromatic rings. The Kier molecular flexibility index (Phi) is 8.56. The van der Waals surface area contributed by atoms with Crippen molar-refractivity contribution in [2.24, 2.45) is 10.2 Å². The summed E-state index contributed by atoms with van der Waals surface area (Å²) in [6, 6.07) is 69.8. The number of fused-ring (bicyclic) bond motifs is 6. The lowest BCUT2D eigenvalue weighted by Crippen LogP contribution is -2.18. The molecule has 0 unspecified atom stereocenters. The van der Waals surface area contributed by atoms with E-state index in [-0.39, 0.29) is 16.9 Å². The first-order chi connectivity index (χ1) is 28.3. The third kappa shape index (κ3) is 5.97. The molecule has 0 N–H and O–H groups in total. The van der Waals surface area contributed by atoms with E-state index < -0.39 is 0 Å². The zero-order valence-corrected chi connectivity index (χ0v) is 33.4. The summed E-state index contributed by atoms with van der Waals surface area (Å²) in [6.45, 7) is 9.42. The highest BCUT2D eigenvalue weighted by Crippen LogP contribution is 2.53. The van der Waals surface area contributed by atoms with Gasteiger partial charge in [-0.1, -0.05) is 173 Å². The fourth-order valence-electron chi connectivity index (χ4n) is 9.35. The first-order valence-corrected chi connectivity index (χ1v) is 20.3. The summed E-state index contributed by atoms with van der Waals surface area (Å²) in [7, 11) is 0. The molecule has 2 aliphatic carbocycles. The van der Waals surface area contributed by atoms with Crippen molar-refractivity contribution in [3.05, 3.63) is 228 Å². The van der Waals surface area contributed by atoms with Gasteiger partial charge in [0.05, 0.1) is 5.69 Å². The molecule has 8 aromatic carbocycles. The topological polar surface area (TPSA) is 28.0 Å². The molecule has 0 spiro atoms. The monoisotopic (exact) mass is 747 g/mol. The van der Waals surface area contributed by atoms with Crippen LogP contribution in [0.4, 0.5) is 22.7 Å². The van der Waals surface area contributed by atoms with Crippen LogP contribution in [-0.2, 0) is 10.8 Å². The van der Waals surface area contributed by atoms with Crippen LogP contribution >= 0.6 is 0 Å². The quantitative estimate of drug-likeness (QED) is 0.142. The Hall–Kier alpha value is -6.84. The molecule has 0 saturated heterocycles. The lowest BCUT2D eigenvalue weighted by Gasteiger charge is -2.30. The smallest absolute Gasteiger partial charge is 0.121 e. The second-order valence-corrected chi connectivity index (χ2v) is 16.7. The standard InChI is InChI=1S/C55H45N3/c1-54(2)49-21-13-11-19-45(49)47-33-31-43(35-51(47)54)58(44-32-34-48-46-20-12-14-22-50(46)55(3,4)52(48)36-44)42-29-25-38(26-30-42)37-23-27-41(28-24-37)56-57-53(39-15-7-5-8-16-39)40-17-9-6-10-18-40/h5-36,53H,1-4H3. The maximum atomic E-state index is 4.83. The number of hydrogen-bond acceptors (Lipinski definition) is 3. The van der Waals surface area contributed by atoms with Crippen LogP contribution in [0.1, 0.15) is 67.1 Å². The maximum absolute atomic E-state index is 4.83. The fourth-order valence-corrected chi connectivity index (χ4v) is 9.35. The van der Waals surface area contributed by atoms with Crippen LogP contribution in [0, 0.1) is 0 Å². The van der Waals surface area contributed by atoms with Crippen molar-refractivity contribution in [3.63, 3.8) is 0 Å². The normalized spacial score (nSPS) is 14.2.